The molecule has 20 heavy (non-hydrogen) atoms. The van der Waals surface area contributed by atoms with Crippen molar-refractivity contribution >= 4 is 11.6 Å². The van der Waals surface area contributed by atoms with Crippen molar-refractivity contribution in [3.8, 4) is 6.07 Å². The Hall–Kier alpha value is -2.71. The highest BCUT2D eigenvalue weighted by Gasteiger charge is 2.07. The van der Waals surface area contributed by atoms with E-state index in [1.54, 1.807) is 42.6 Å². The number of carbonyl (C=O) groups excluding carboxylic acids is 1. The normalized spacial score (nSPS) is 9.80. The fourth-order valence-corrected chi connectivity index (χ4v) is 1.73. The third-order valence-electron chi connectivity index (χ3n) is 2.71. The van der Waals surface area contributed by atoms with Crippen molar-refractivity contribution in [1.29, 1.82) is 5.26 Å². The Morgan fingerprint density at radius 2 is 2.05 bits per heavy atom. The van der Waals surface area contributed by atoms with Crippen LogP contribution in [0.3, 0.4) is 0 Å². The zero-order valence-electron chi connectivity index (χ0n) is 11.1. The van der Waals surface area contributed by atoms with Crippen molar-refractivity contribution < 1.29 is 4.79 Å². The summed E-state index contributed by atoms with van der Waals surface area (Å²) in [4.78, 5) is 16.3. The molecule has 1 amide bonds. The highest BCUT2D eigenvalue weighted by Crippen LogP contribution is 2.11. The molecule has 2 rings (SSSR count). The molecule has 2 N–H and O–H groups in total. The molecule has 0 aliphatic rings. The Kier molecular flexibility index (Phi) is 4.43. The molecule has 5 heteroatoms. The molecule has 5 nitrogen and oxygen atoms in total. The maximum Gasteiger partial charge on any atom is 0.255 e. The minimum Gasteiger partial charge on any atom is -0.322 e. The van der Waals surface area contributed by atoms with Crippen LogP contribution >= 0.6 is 0 Å². The number of benzene rings is 1. The molecule has 0 saturated carbocycles. The molecule has 0 radical (unpaired) electrons. The van der Waals surface area contributed by atoms with Crippen LogP contribution in [0.4, 0.5) is 5.69 Å². The van der Waals surface area contributed by atoms with Crippen LogP contribution in [0, 0.1) is 11.3 Å². The van der Waals surface area contributed by atoms with Crippen LogP contribution in [-0.2, 0) is 6.54 Å². The molecule has 1 aromatic carbocycles. The number of hydrogen-bond acceptors (Lipinski definition) is 4. The first-order valence-corrected chi connectivity index (χ1v) is 6.14. The van der Waals surface area contributed by atoms with Gasteiger partial charge >= 0.3 is 0 Å². The van der Waals surface area contributed by atoms with E-state index in [2.05, 4.69) is 15.6 Å². The predicted octanol–water partition coefficient (Wildman–Crippen LogP) is 1.92. The number of nitrogens with zero attached hydrogens (tertiary/aromatic N) is 2. The number of nitriles is 1. The number of pyridine rings is 1. The summed E-state index contributed by atoms with van der Waals surface area (Å²) in [7, 11) is 1.82. The molecule has 0 unspecified atom stereocenters. The van der Waals surface area contributed by atoms with Crippen molar-refractivity contribution in [1.82, 2.24) is 10.3 Å². The predicted molar refractivity (Wildman–Crippen MR) is 76.1 cm³/mol. The lowest BCUT2D eigenvalue weighted by Crippen LogP contribution is -2.14. The summed E-state index contributed by atoms with van der Waals surface area (Å²) >= 11 is 0. The topological polar surface area (TPSA) is 77.8 Å². The average Bonchev–Trinajstić information content (AvgIpc) is 2.48. The zero-order chi connectivity index (χ0) is 14.4. The Morgan fingerprint density at radius 3 is 2.70 bits per heavy atom. The molecule has 0 aliphatic heterocycles. The number of rotatable bonds is 4. The second kappa shape index (κ2) is 6.45. The number of hydrogen-bond donors (Lipinski definition) is 2. The van der Waals surface area contributed by atoms with Gasteiger partial charge in [0.1, 0.15) is 0 Å². The molecule has 0 atom stereocenters. The first-order valence-electron chi connectivity index (χ1n) is 6.14. The van der Waals surface area contributed by atoms with E-state index in [0.717, 1.165) is 5.69 Å². The summed E-state index contributed by atoms with van der Waals surface area (Å²) in [6.07, 6.45) is 1.61. The minimum atomic E-state index is -0.200. The van der Waals surface area contributed by atoms with Gasteiger partial charge in [-0.25, -0.2) is 0 Å². The quantitative estimate of drug-likeness (QED) is 0.886. The van der Waals surface area contributed by atoms with Gasteiger partial charge in [-0.15, -0.1) is 0 Å². The average molecular weight is 266 g/mol. The molecule has 2 aromatic rings. The molecule has 0 spiro atoms. The summed E-state index contributed by atoms with van der Waals surface area (Å²) in [5, 5.41) is 14.5. The van der Waals surface area contributed by atoms with Gasteiger partial charge in [0.2, 0.25) is 0 Å². The number of amides is 1. The second-order valence-electron chi connectivity index (χ2n) is 4.21. The smallest absolute Gasteiger partial charge is 0.255 e. The third-order valence-corrected chi connectivity index (χ3v) is 2.71. The van der Waals surface area contributed by atoms with Crippen LogP contribution in [0.2, 0.25) is 0 Å². The maximum absolute atomic E-state index is 12.1. The lowest BCUT2D eigenvalue weighted by Gasteiger charge is -2.06. The van der Waals surface area contributed by atoms with Gasteiger partial charge < -0.3 is 10.6 Å². The van der Waals surface area contributed by atoms with E-state index < -0.39 is 0 Å². The molecule has 0 fully saturated rings. The van der Waals surface area contributed by atoms with E-state index >= 15 is 0 Å². The van der Waals surface area contributed by atoms with E-state index in [1.807, 2.05) is 13.1 Å². The minimum absolute atomic E-state index is 0.200. The van der Waals surface area contributed by atoms with E-state index in [1.165, 1.54) is 0 Å². The largest absolute Gasteiger partial charge is 0.322 e. The van der Waals surface area contributed by atoms with Crippen LogP contribution in [0.15, 0.2) is 42.6 Å². The Morgan fingerprint density at radius 1 is 1.30 bits per heavy atom. The first-order chi connectivity index (χ1) is 9.72. The standard InChI is InChI=1S/C15H14N4O/c1-17-10-14-8-12(6-7-18-14)15(20)19-13-4-2-11(9-16)3-5-13/h2-8,17H,10H2,1H3,(H,19,20). The molecular formula is C15H14N4O. The molecule has 1 aromatic heterocycles. The molecular weight excluding hydrogens is 252 g/mol. The van der Waals surface area contributed by atoms with Crippen LogP contribution < -0.4 is 10.6 Å². The van der Waals surface area contributed by atoms with Crippen LogP contribution in [0.5, 0.6) is 0 Å². The van der Waals surface area contributed by atoms with Gasteiger partial charge in [0.05, 0.1) is 17.3 Å². The van der Waals surface area contributed by atoms with Crippen LogP contribution in [0.1, 0.15) is 21.6 Å². The zero-order valence-corrected chi connectivity index (χ0v) is 11.1. The van der Waals surface area contributed by atoms with Crippen LogP contribution in [-0.4, -0.2) is 17.9 Å². The fraction of sp³-hybridized carbons (Fsp3) is 0.133. The van der Waals surface area contributed by atoms with E-state index in [9.17, 15) is 4.79 Å². The number of aromatic nitrogens is 1. The van der Waals surface area contributed by atoms with Crippen LogP contribution in [0.25, 0.3) is 0 Å². The molecule has 1 heterocycles. The lowest BCUT2D eigenvalue weighted by molar-refractivity contribution is 0.102. The lowest BCUT2D eigenvalue weighted by atomic mass is 10.2. The summed E-state index contributed by atoms with van der Waals surface area (Å²) in [5.41, 5.74) is 2.57. The van der Waals surface area contributed by atoms with Gasteiger partial charge in [0.25, 0.3) is 5.91 Å². The van der Waals surface area contributed by atoms with Crippen molar-refractivity contribution in [3.63, 3.8) is 0 Å². The van der Waals surface area contributed by atoms with Crippen molar-refractivity contribution in [2.24, 2.45) is 0 Å². The number of carbonyl (C=O) groups is 1. The highest BCUT2D eigenvalue weighted by atomic mass is 16.1. The Labute approximate surface area is 117 Å². The SMILES string of the molecule is CNCc1cc(C(=O)Nc2ccc(C#N)cc2)ccn1. The van der Waals surface area contributed by atoms with Gasteiger partial charge in [0, 0.05) is 24.0 Å². The summed E-state index contributed by atoms with van der Waals surface area (Å²) < 4.78 is 0. The van der Waals surface area contributed by atoms with Gasteiger partial charge in [-0.1, -0.05) is 0 Å². The second-order valence-corrected chi connectivity index (χ2v) is 4.21. The summed E-state index contributed by atoms with van der Waals surface area (Å²) in [5.74, 6) is -0.200. The highest BCUT2D eigenvalue weighted by molar-refractivity contribution is 6.04. The summed E-state index contributed by atoms with van der Waals surface area (Å²) in [6, 6.07) is 12.2. The van der Waals surface area contributed by atoms with E-state index in [0.29, 0.717) is 23.4 Å². The van der Waals surface area contributed by atoms with Crippen molar-refractivity contribution in [2.45, 2.75) is 6.54 Å². The third kappa shape index (κ3) is 3.40. The van der Waals surface area contributed by atoms with Gasteiger partial charge in [-0.2, -0.15) is 5.26 Å². The molecule has 0 aliphatic carbocycles. The van der Waals surface area contributed by atoms with Gasteiger partial charge in [0.15, 0.2) is 0 Å². The van der Waals surface area contributed by atoms with E-state index in [-0.39, 0.29) is 5.91 Å². The Balaban J connectivity index is 2.11. The van der Waals surface area contributed by atoms with Gasteiger partial charge in [-0.3, -0.25) is 9.78 Å². The van der Waals surface area contributed by atoms with E-state index in [4.69, 9.17) is 5.26 Å². The summed E-state index contributed by atoms with van der Waals surface area (Å²) in [6.45, 7) is 0.609. The first kappa shape index (κ1) is 13.7. The molecule has 0 bridgehead atoms. The number of anilines is 1. The maximum atomic E-state index is 12.1. The number of nitrogens with one attached hydrogen (secondary N) is 2. The monoisotopic (exact) mass is 266 g/mol. The Bertz CT molecular complexity index is 644. The molecule has 0 saturated heterocycles. The van der Waals surface area contributed by atoms with Crippen molar-refractivity contribution in [3.05, 3.63) is 59.4 Å². The van der Waals surface area contributed by atoms with Crippen molar-refractivity contribution in [2.75, 3.05) is 12.4 Å². The molecule has 100 valence electrons. The fourth-order valence-electron chi connectivity index (χ4n) is 1.73. The van der Waals surface area contributed by atoms with Gasteiger partial charge in [-0.05, 0) is 43.4 Å².